The van der Waals surface area contributed by atoms with Crippen LogP contribution >= 0.6 is 11.3 Å². The van der Waals surface area contributed by atoms with E-state index in [2.05, 4.69) is 5.32 Å². The number of esters is 1. The summed E-state index contributed by atoms with van der Waals surface area (Å²) in [5.74, 6) is 0.340. The van der Waals surface area contributed by atoms with Crippen LogP contribution in [0.5, 0.6) is 11.5 Å². The van der Waals surface area contributed by atoms with Gasteiger partial charge in [-0.3, -0.25) is 4.79 Å². The first-order chi connectivity index (χ1) is 18.5. The molecule has 7 heteroatoms. The number of ether oxygens (including phenoxy) is 3. The van der Waals surface area contributed by atoms with Gasteiger partial charge >= 0.3 is 5.97 Å². The smallest absolute Gasteiger partial charge is 0.341 e. The van der Waals surface area contributed by atoms with E-state index in [1.54, 1.807) is 32.2 Å². The highest BCUT2D eigenvalue weighted by molar-refractivity contribution is 7.20. The van der Waals surface area contributed by atoms with Crippen LogP contribution in [-0.2, 0) is 16.1 Å². The monoisotopic (exact) mass is 527 g/mol. The Bertz CT molecular complexity index is 1440. The molecule has 0 aliphatic rings. The summed E-state index contributed by atoms with van der Waals surface area (Å²) in [7, 11) is 1.58. The standard InChI is InChI=1S/C31H29NO5S/c1-4-36-31(34)25-19-28(23-11-6-5-7-12-23)38-30(25)32-29(33)17-15-22-14-16-26(27(18-22)35-3)37-20-24-13-9-8-10-21(24)2/h5-19H,4,20H2,1-3H3,(H,32,33)/b17-15+. The van der Waals surface area contributed by atoms with E-state index >= 15 is 0 Å². The molecule has 4 rings (SSSR count). The van der Waals surface area contributed by atoms with E-state index in [0.29, 0.717) is 28.7 Å². The first kappa shape index (κ1) is 26.7. The quantitative estimate of drug-likeness (QED) is 0.175. The molecule has 3 aromatic carbocycles. The minimum absolute atomic E-state index is 0.245. The molecule has 0 radical (unpaired) electrons. The first-order valence-electron chi connectivity index (χ1n) is 12.2. The van der Waals surface area contributed by atoms with Crippen LogP contribution < -0.4 is 14.8 Å². The Morgan fingerprint density at radius 1 is 0.947 bits per heavy atom. The average Bonchev–Trinajstić information content (AvgIpc) is 3.36. The zero-order valence-corrected chi connectivity index (χ0v) is 22.3. The second-order valence-corrected chi connectivity index (χ2v) is 9.44. The van der Waals surface area contributed by atoms with Crippen LogP contribution in [0.25, 0.3) is 16.5 Å². The third kappa shape index (κ3) is 6.69. The number of aryl methyl sites for hydroxylation is 1. The van der Waals surface area contributed by atoms with Crippen molar-refractivity contribution in [3.8, 4) is 21.9 Å². The Hall–Kier alpha value is -4.36. The van der Waals surface area contributed by atoms with Crippen molar-refractivity contribution in [3.63, 3.8) is 0 Å². The second-order valence-electron chi connectivity index (χ2n) is 8.39. The third-order valence-corrected chi connectivity index (χ3v) is 6.88. The number of rotatable bonds is 10. The van der Waals surface area contributed by atoms with E-state index < -0.39 is 5.97 Å². The summed E-state index contributed by atoms with van der Waals surface area (Å²) >= 11 is 1.33. The number of amides is 1. The van der Waals surface area contributed by atoms with Gasteiger partial charge in [-0.1, -0.05) is 60.7 Å². The molecule has 4 aromatic rings. The Balaban J connectivity index is 1.47. The topological polar surface area (TPSA) is 73.9 Å². The van der Waals surface area contributed by atoms with E-state index in [1.807, 2.05) is 73.7 Å². The van der Waals surface area contributed by atoms with Crippen LogP contribution in [0.4, 0.5) is 5.00 Å². The number of benzene rings is 3. The predicted octanol–water partition coefficient (Wildman–Crippen LogP) is 7.14. The van der Waals surface area contributed by atoms with Crippen LogP contribution in [0, 0.1) is 6.92 Å². The lowest BCUT2D eigenvalue weighted by molar-refractivity contribution is -0.111. The summed E-state index contributed by atoms with van der Waals surface area (Å²) in [6, 6.07) is 25.0. The summed E-state index contributed by atoms with van der Waals surface area (Å²) in [6.45, 7) is 4.46. The summed E-state index contributed by atoms with van der Waals surface area (Å²) in [4.78, 5) is 26.2. The maximum absolute atomic E-state index is 12.8. The highest BCUT2D eigenvalue weighted by atomic mass is 32.1. The molecule has 0 spiro atoms. The highest BCUT2D eigenvalue weighted by Gasteiger charge is 2.19. The number of hydrogen-bond acceptors (Lipinski definition) is 6. The van der Waals surface area contributed by atoms with Crippen molar-refractivity contribution in [2.24, 2.45) is 0 Å². The molecule has 1 amide bonds. The van der Waals surface area contributed by atoms with Gasteiger partial charge in [0.1, 0.15) is 11.6 Å². The molecule has 1 heterocycles. The number of nitrogens with one attached hydrogen (secondary N) is 1. The van der Waals surface area contributed by atoms with Gasteiger partial charge < -0.3 is 19.5 Å². The van der Waals surface area contributed by atoms with Crippen molar-refractivity contribution >= 4 is 34.3 Å². The number of anilines is 1. The number of carbonyl (C=O) groups is 2. The van der Waals surface area contributed by atoms with Crippen LogP contribution in [0.1, 0.15) is 34.0 Å². The van der Waals surface area contributed by atoms with Gasteiger partial charge in [0.05, 0.1) is 19.3 Å². The summed E-state index contributed by atoms with van der Waals surface area (Å²) < 4.78 is 16.7. The zero-order valence-electron chi connectivity index (χ0n) is 21.5. The lowest BCUT2D eigenvalue weighted by Crippen LogP contribution is -2.11. The van der Waals surface area contributed by atoms with Gasteiger partial charge in [-0.25, -0.2) is 4.79 Å². The lowest BCUT2D eigenvalue weighted by atomic mass is 10.1. The van der Waals surface area contributed by atoms with Crippen molar-refractivity contribution in [2.75, 3.05) is 19.0 Å². The number of hydrogen-bond donors (Lipinski definition) is 1. The van der Waals surface area contributed by atoms with Gasteiger partial charge in [-0.2, -0.15) is 0 Å². The molecular weight excluding hydrogens is 498 g/mol. The van der Waals surface area contributed by atoms with Gasteiger partial charge in [0.25, 0.3) is 0 Å². The lowest BCUT2D eigenvalue weighted by Gasteiger charge is -2.12. The fourth-order valence-electron chi connectivity index (χ4n) is 3.75. The highest BCUT2D eigenvalue weighted by Crippen LogP contribution is 2.36. The minimum Gasteiger partial charge on any atom is -0.493 e. The first-order valence-corrected chi connectivity index (χ1v) is 13.0. The molecule has 1 N–H and O–H groups in total. The Labute approximate surface area is 226 Å². The average molecular weight is 528 g/mol. The molecule has 0 atom stereocenters. The fraction of sp³-hybridized carbons (Fsp3) is 0.161. The normalized spacial score (nSPS) is 10.8. The second kappa shape index (κ2) is 12.7. The van der Waals surface area contributed by atoms with E-state index in [9.17, 15) is 9.59 Å². The number of carbonyl (C=O) groups excluding carboxylic acids is 2. The predicted molar refractivity (Wildman–Crippen MR) is 152 cm³/mol. The van der Waals surface area contributed by atoms with Crippen LogP contribution in [0.3, 0.4) is 0 Å². The van der Waals surface area contributed by atoms with Gasteiger partial charge in [-0.05, 0) is 60.4 Å². The Morgan fingerprint density at radius 2 is 1.71 bits per heavy atom. The van der Waals surface area contributed by atoms with Crippen molar-refractivity contribution in [2.45, 2.75) is 20.5 Å². The van der Waals surface area contributed by atoms with E-state index in [1.165, 1.54) is 17.4 Å². The van der Waals surface area contributed by atoms with E-state index in [4.69, 9.17) is 14.2 Å². The third-order valence-electron chi connectivity index (χ3n) is 5.78. The van der Waals surface area contributed by atoms with Crippen LogP contribution in [0.2, 0.25) is 0 Å². The number of thiophene rings is 1. The van der Waals surface area contributed by atoms with Gasteiger partial charge in [-0.15, -0.1) is 11.3 Å². The minimum atomic E-state index is -0.476. The number of methoxy groups -OCH3 is 1. The largest absolute Gasteiger partial charge is 0.493 e. The molecule has 0 saturated carbocycles. The molecule has 0 saturated heterocycles. The molecule has 0 aliphatic heterocycles. The molecule has 0 unspecified atom stereocenters. The maximum Gasteiger partial charge on any atom is 0.341 e. The molecule has 0 aliphatic carbocycles. The summed E-state index contributed by atoms with van der Waals surface area (Å²) in [5, 5.41) is 3.27. The van der Waals surface area contributed by atoms with Crippen LogP contribution in [0.15, 0.2) is 84.9 Å². The van der Waals surface area contributed by atoms with Gasteiger partial charge in [0.15, 0.2) is 11.5 Å². The van der Waals surface area contributed by atoms with Crippen LogP contribution in [-0.4, -0.2) is 25.6 Å². The van der Waals surface area contributed by atoms with Crippen molar-refractivity contribution in [1.29, 1.82) is 0 Å². The molecule has 0 fully saturated rings. The zero-order chi connectivity index (χ0) is 26.9. The summed E-state index contributed by atoms with van der Waals surface area (Å²) in [6.07, 6.45) is 3.10. The van der Waals surface area contributed by atoms with Crippen molar-refractivity contribution < 1.29 is 23.8 Å². The molecular formula is C31H29NO5S. The molecule has 1 aromatic heterocycles. The molecule has 38 heavy (non-hydrogen) atoms. The van der Waals surface area contributed by atoms with Gasteiger partial charge in [0, 0.05) is 11.0 Å². The summed E-state index contributed by atoms with van der Waals surface area (Å²) in [5.41, 5.74) is 4.30. The molecule has 0 bridgehead atoms. The SMILES string of the molecule is CCOC(=O)c1cc(-c2ccccc2)sc1NC(=O)/C=C/c1ccc(OCc2ccccc2C)c(OC)c1. The molecule has 194 valence electrons. The fourth-order valence-corrected chi connectivity index (χ4v) is 4.80. The van der Waals surface area contributed by atoms with Gasteiger partial charge in [0.2, 0.25) is 5.91 Å². The van der Waals surface area contributed by atoms with E-state index in [0.717, 1.165) is 27.1 Å². The maximum atomic E-state index is 12.8. The Morgan fingerprint density at radius 3 is 2.45 bits per heavy atom. The van der Waals surface area contributed by atoms with Crippen molar-refractivity contribution in [3.05, 3.63) is 107 Å². The van der Waals surface area contributed by atoms with Crippen molar-refractivity contribution in [1.82, 2.24) is 0 Å². The Kier molecular flexibility index (Phi) is 8.95. The van der Waals surface area contributed by atoms with E-state index in [-0.39, 0.29) is 12.5 Å². The molecule has 6 nitrogen and oxygen atoms in total.